The summed E-state index contributed by atoms with van der Waals surface area (Å²) in [6.07, 6.45) is 2.87. The monoisotopic (exact) mass is 449 g/mol. The lowest BCUT2D eigenvalue weighted by Gasteiger charge is -2.18. The Morgan fingerprint density at radius 3 is 2.61 bits per heavy atom. The quantitative estimate of drug-likeness (QED) is 0.531. The van der Waals surface area contributed by atoms with E-state index >= 15 is 0 Å². The Morgan fingerprint density at radius 2 is 1.91 bits per heavy atom. The number of nitrogens with zero attached hydrogens (tertiary/aromatic N) is 3. The van der Waals surface area contributed by atoms with Gasteiger partial charge in [0.25, 0.3) is 11.8 Å². The van der Waals surface area contributed by atoms with Crippen molar-refractivity contribution in [2.75, 3.05) is 0 Å². The SMILES string of the molecule is Cc1c(C(=O)O)ccc2c1CC[C@@H]2NC(=O)c1cc(C(=O)NC(C)C(C)C)nc2ccnn12. The van der Waals surface area contributed by atoms with Crippen LogP contribution in [0.25, 0.3) is 5.65 Å². The number of aromatic carboxylic acids is 1. The molecule has 0 aliphatic heterocycles. The molecular weight excluding hydrogens is 422 g/mol. The van der Waals surface area contributed by atoms with Gasteiger partial charge in [0.2, 0.25) is 0 Å². The van der Waals surface area contributed by atoms with Crippen LogP contribution in [0.3, 0.4) is 0 Å². The summed E-state index contributed by atoms with van der Waals surface area (Å²) in [6, 6.07) is 6.13. The summed E-state index contributed by atoms with van der Waals surface area (Å²) in [7, 11) is 0. The van der Waals surface area contributed by atoms with E-state index in [0.717, 1.165) is 16.7 Å². The van der Waals surface area contributed by atoms with Crippen LogP contribution >= 0.6 is 0 Å². The number of hydrogen-bond donors (Lipinski definition) is 3. The second-order valence-electron chi connectivity index (χ2n) is 8.81. The van der Waals surface area contributed by atoms with Crippen LogP contribution in [0.2, 0.25) is 0 Å². The van der Waals surface area contributed by atoms with Crippen LogP contribution in [0.5, 0.6) is 0 Å². The number of aromatic nitrogens is 3. The third-order valence-corrected chi connectivity index (χ3v) is 6.41. The van der Waals surface area contributed by atoms with Crippen LogP contribution in [0.4, 0.5) is 0 Å². The summed E-state index contributed by atoms with van der Waals surface area (Å²) < 4.78 is 1.41. The molecule has 0 bridgehead atoms. The first-order valence-electron chi connectivity index (χ1n) is 11.0. The lowest BCUT2D eigenvalue weighted by atomic mass is 9.98. The first-order chi connectivity index (χ1) is 15.7. The van der Waals surface area contributed by atoms with Crippen molar-refractivity contribution in [3.05, 3.63) is 64.1 Å². The molecule has 0 saturated heterocycles. The average Bonchev–Trinajstić information content (AvgIpc) is 3.40. The number of nitrogens with one attached hydrogen (secondary N) is 2. The molecule has 2 atom stereocenters. The van der Waals surface area contributed by atoms with Crippen molar-refractivity contribution in [1.29, 1.82) is 0 Å². The van der Waals surface area contributed by atoms with Gasteiger partial charge in [0.1, 0.15) is 11.4 Å². The van der Waals surface area contributed by atoms with Gasteiger partial charge in [0, 0.05) is 18.2 Å². The summed E-state index contributed by atoms with van der Waals surface area (Å²) in [4.78, 5) is 41.8. The van der Waals surface area contributed by atoms with Crippen molar-refractivity contribution in [2.45, 2.75) is 52.6 Å². The van der Waals surface area contributed by atoms with Crippen LogP contribution in [0.15, 0.2) is 30.5 Å². The molecule has 1 aromatic carbocycles. The number of carbonyl (C=O) groups excluding carboxylic acids is 2. The Hall–Kier alpha value is -3.75. The molecule has 2 heterocycles. The van der Waals surface area contributed by atoms with Crippen molar-refractivity contribution in [2.24, 2.45) is 5.92 Å². The molecule has 3 N–H and O–H groups in total. The lowest BCUT2D eigenvalue weighted by Crippen LogP contribution is -2.37. The summed E-state index contributed by atoms with van der Waals surface area (Å²) in [5.74, 6) is -1.44. The standard InChI is InChI=1S/C24H27N5O4/c1-12(2)14(4)26-22(30)19-11-20(29-21(27-19)9-10-25-29)23(31)28-18-8-7-15-13(3)16(24(32)33)5-6-17(15)18/h5-6,9-12,14,18H,7-8H2,1-4H3,(H,26,30)(H,28,31)(H,32,33)/t14?,18-/m0/s1. The molecule has 1 aliphatic carbocycles. The molecular formula is C24H27N5O4. The average molecular weight is 450 g/mol. The molecule has 9 nitrogen and oxygen atoms in total. The highest BCUT2D eigenvalue weighted by Crippen LogP contribution is 2.34. The van der Waals surface area contributed by atoms with E-state index in [0.29, 0.717) is 18.5 Å². The Bertz CT molecular complexity index is 1260. The minimum Gasteiger partial charge on any atom is -0.478 e. The first kappa shape index (κ1) is 22.4. The Labute approximate surface area is 191 Å². The van der Waals surface area contributed by atoms with Crippen LogP contribution in [-0.4, -0.2) is 43.5 Å². The zero-order valence-corrected chi connectivity index (χ0v) is 19.0. The zero-order chi connectivity index (χ0) is 23.9. The second kappa shape index (κ2) is 8.65. The summed E-state index contributed by atoms with van der Waals surface area (Å²) in [5, 5.41) is 19.5. The first-order valence-corrected chi connectivity index (χ1v) is 11.0. The van der Waals surface area contributed by atoms with Crippen LogP contribution in [0.1, 0.15) is 81.3 Å². The van der Waals surface area contributed by atoms with Gasteiger partial charge in [0.05, 0.1) is 17.8 Å². The van der Waals surface area contributed by atoms with Crippen LogP contribution in [0, 0.1) is 12.8 Å². The number of benzene rings is 1. The Kier molecular flexibility index (Phi) is 5.88. The molecule has 1 aliphatic rings. The number of carbonyl (C=O) groups is 3. The van der Waals surface area contributed by atoms with E-state index < -0.39 is 5.97 Å². The number of amides is 2. The Balaban J connectivity index is 1.62. The molecule has 4 rings (SSSR count). The highest BCUT2D eigenvalue weighted by molar-refractivity contribution is 5.98. The van der Waals surface area contributed by atoms with E-state index in [9.17, 15) is 19.5 Å². The number of hydrogen-bond acceptors (Lipinski definition) is 5. The molecule has 0 saturated carbocycles. The zero-order valence-electron chi connectivity index (χ0n) is 19.0. The molecule has 33 heavy (non-hydrogen) atoms. The summed E-state index contributed by atoms with van der Waals surface area (Å²) in [5.41, 5.74) is 3.64. The molecule has 2 aromatic heterocycles. The van der Waals surface area contributed by atoms with Crippen molar-refractivity contribution in [1.82, 2.24) is 25.2 Å². The van der Waals surface area contributed by atoms with Crippen LogP contribution in [-0.2, 0) is 6.42 Å². The maximum absolute atomic E-state index is 13.3. The van der Waals surface area contributed by atoms with Crippen molar-refractivity contribution in [3.8, 4) is 0 Å². The fraction of sp³-hybridized carbons (Fsp3) is 0.375. The van der Waals surface area contributed by atoms with Crippen molar-refractivity contribution < 1.29 is 19.5 Å². The van der Waals surface area contributed by atoms with Crippen molar-refractivity contribution >= 4 is 23.4 Å². The van der Waals surface area contributed by atoms with Gasteiger partial charge < -0.3 is 15.7 Å². The molecule has 172 valence electrons. The lowest BCUT2D eigenvalue weighted by molar-refractivity contribution is 0.0695. The molecule has 1 unspecified atom stereocenters. The highest BCUT2D eigenvalue weighted by atomic mass is 16.4. The van der Waals surface area contributed by atoms with Gasteiger partial charge in [-0.05, 0) is 55.4 Å². The predicted octanol–water partition coefficient (Wildman–Crippen LogP) is 2.93. The molecule has 3 aromatic rings. The van der Waals surface area contributed by atoms with Gasteiger partial charge in [-0.25, -0.2) is 14.3 Å². The second-order valence-corrected chi connectivity index (χ2v) is 8.81. The van der Waals surface area contributed by atoms with E-state index in [1.807, 2.05) is 20.8 Å². The fourth-order valence-corrected chi connectivity index (χ4v) is 4.13. The maximum atomic E-state index is 13.3. The fourth-order valence-electron chi connectivity index (χ4n) is 4.13. The largest absolute Gasteiger partial charge is 0.478 e. The van der Waals surface area contributed by atoms with Gasteiger partial charge in [-0.15, -0.1) is 0 Å². The summed E-state index contributed by atoms with van der Waals surface area (Å²) in [6.45, 7) is 7.74. The predicted molar refractivity (Wildman–Crippen MR) is 121 cm³/mol. The number of rotatable bonds is 6. The molecule has 0 spiro atoms. The normalized spacial score (nSPS) is 16.0. The van der Waals surface area contributed by atoms with Gasteiger partial charge >= 0.3 is 5.97 Å². The summed E-state index contributed by atoms with van der Waals surface area (Å²) >= 11 is 0. The number of carboxylic acids is 1. The van der Waals surface area contributed by atoms with Crippen molar-refractivity contribution in [3.63, 3.8) is 0 Å². The van der Waals surface area contributed by atoms with Gasteiger partial charge in [0.15, 0.2) is 5.65 Å². The van der Waals surface area contributed by atoms with Gasteiger partial charge in [-0.3, -0.25) is 9.59 Å². The molecule has 9 heteroatoms. The topological polar surface area (TPSA) is 126 Å². The Morgan fingerprint density at radius 1 is 1.15 bits per heavy atom. The number of carboxylic acid groups (broad SMARTS) is 1. The minimum atomic E-state index is -0.960. The van der Waals surface area contributed by atoms with Crippen LogP contribution < -0.4 is 10.6 Å². The minimum absolute atomic E-state index is 0.0494. The maximum Gasteiger partial charge on any atom is 0.335 e. The van der Waals surface area contributed by atoms with E-state index in [1.54, 1.807) is 25.1 Å². The molecule has 0 radical (unpaired) electrons. The molecule has 0 fully saturated rings. The molecule has 2 amide bonds. The van der Waals surface area contributed by atoms with E-state index in [1.165, 1.54) is 16.8 Å². The van der Waals surface area contributed by atoms with Gasteiger partial charge in [-0.2, -0.15) is 5.10 Å². The van der Waals surface area contributed by atoms with E-state index in [-0.39, 0.29) is 46.8 Å². The highest BCUT2D eigenvalue weighted by Gasteiger charge is 2.29. The third kappa shape index (κ3) is 4.18. The smallest absolute Gasteiger partial charge is 0.335 e. The third-order valence-electron chi connectivity index (χ3n) is 6.41. The van der Waals surface area contributed by atoms with E-state index in [2.05, 4.69) is 20.7 Å². The number of fused-ring (bicyclic) bond motifs is 2. The van der Waals surface area contributed by atoms with Gasteiger partial charge in [-0.1, -0.05) is 19.9 Å². The van der Waals surface area contributed by atoms with E-state index in [4.69, 9.17) is 0 Å².